The molecule has 130 valence electrons. The van der Waals surface area contributed by atoms with Crippen LogP contribution in [0.25, 0.3) is 0 Å². The first kappa shape index (κ1) is 18.6. The largest absolute Gasteiger partial charge is 0.500 e. The molecule has 5 heteroatoms. The average Bonchev–Trinajstić information content (AvgIpc) is 2.64. The number of hydrogen-bond donors (Lipinski definition) is 0. The molecule has 0 amide bonds. The molecule has 0 N–H and O–H groups in total. The molecule has 1 saturated carbocycles. The topological polar surface area (TPSA) is 36.9 Å². The minimum Gasteiger partial charge on any atom is -0.378 e. The Morgan fingerprint density at radius 2 is 1.52 bits per heavy atom. The molecule has 0 atom stereocenters. The molecule has 0 spiro atoms. The van der Waals surface area contributed by atoms with Gasteiger partial charge < -0.3 is 18.0 Å². The van der Waals surface area contributed by atoms with Crippen molar-refractivity contribution in [3.05, 3.63) is 35.9 Å². The van der Waals surface area contributed by atoms with Gasteiger partial charge in [0.25, 0.3) is 0 Å². The van der Waals surface area contributed by atoms with Gasteiger partial charge in [0.2, 0.25) is 0 Å². The number of ether oxygens (including phenoxy) is 1. The maximum Gasteiger partial charge on any atom is 0.500 e. The van der Waals surface area contributed by atoms with Gasteiger partial charge in [-0.05, 0) is 43.6 Å². The summed E-state index contributed by atoms with van der Waals surface area (Å²) in [6.45, 7) is 0.755. The fourth-order valence-corrected chi connectivity index (χ4v) is 5.07. The summed E-state index contributed by atoms with van der Waals surface area (Å²) in [6, 6.07) is 11.6. The number of hydrogen-bond acceptors (Lipinski definition) is 4. The van der Waals surface area contributed by atoms with Crippen molar-refractivity contribution in [1.82, 2.24) is 0 Å². The molecule has 0 aromatic heterocycles. The van der Waals surface area contributed by atoms with Gasteiger partial charge in [-0.25, -0.2) is 0 Å². The van der Waals surface area contributed by atoms with Crippen LogP contribution in [0.2, 0.25) is 6.04 Å². The average molecular weight is 339 g/mol. The van der Waals surface area contributed by atoms with Crippen LogP contribution in [0, 0.1) is 0 Å². The first-order valence-electron chi connectivity index (χ1n) is 8.55. The van der Waals surface area contributed by atoms with Crippen molar-refractivity contribution >= 4 is 8.80 Å². The molecule has 0 heterocycles. The Hall–Kier alpha value is -0.723. The van der Waals surface area contributed by atoms with Crippen LogP contribution in [0.5, 0.6) is 0 Å². The molecule has 0 saturated heterocycles. The fraction of sp³-hybridized carbons (Fsp3) is 0.667. The van der Waals surface area contributed by atoms with Crippen molar-refractivity contribution in [3.8, 4) is 0 Å². The lowest BCUT2D eigenvalue weighted by atomic mass is 9.83. The second-order valence-corrected chi connectivity index (χ2v) is 9.24. The molecule has 4 nitrogen and oxygen atoms in total. The smallest absolute Gasteiger partial charge is 0.378 e. The molecule has 0 bridgehead atoms. The maximum atomic E-state index is 6.05. The number of benzene rings is 1. The van der Waals surface area contributed by atoms with E-state index in [1.807, 2.05) is 0 Å². The van der Waals surface area contributed by atoms with Gasteiger partial charge in [-0.3, -0.25) is 0 Å². The van der Waals surface area contributed by atoms with Crippen LogP contribution in [0.4, 0.5) is 0 Å². The molecular weight excluding hydrogens is 308 g/mol. The van der Waals surface area contributed by atoms with Gasteiger partial charge in [-0.1, -0.05) is 30.3 Å². The van der Waals surface area contributed by atoms with Crippen molar-refractivity contribution in [2.45, 2.75) is 50.2 Å². The normalized spacial score (nSPS) is 22.2. The Morgan fingerprint density at radius 3 is 2.09 bits per heavy atom. The first-order valence-corrected chi connectivity index (χ1v) is 10.5. The van der Waals surface area contributed by atoms with Gasteiger partial charge in [0.1, 0.15) is 0 Å². The quantitative estimate of drug-likeness (QED) is 0.504. The third kappa shape index (κ3) is 5.40. The zero-order valence-electron chi connectivity index (χ0n) is 14.6. The van der Waals surface area contributed by atoms with Crippen LogP contribution >= 0.6 is 0 Å². The summed E-state index contributed by atoms with van der Waals surface area (Å²) in [5.41, 5.74) is 1.47. The van der Waals surface area contributed by atoms with Crippen LogP contribution in [-0.4, -0.2) is 42.8 Å². The van der Waals surface area contributed by atoms with Gasteiger partial charge >= 0.3 is 8.80 Å². The first-order chi connectivity index (χ1) is 11.2. The molecule has 0 radical (unpaired) electrons. The van der Waals surface area contributed by atoms with E-state index in [1.165, 1.54) is 18.4 Å². The van der Waals surface area contributed by atoms with E-state index in [9.17, 15) is 0 Å². The molecule has 1 aliphatic rings. The van der Waals surface area contributed by atoms with E-state index in [-0.39, 0.29) is 0 Å². The molecule has 1 aromatic rings. The predicted molar refractivity (Wildman–Crippen MR) is 93.6 cm³/mol. The van der Waals surface area contributed by atoms with E-state index in [4.69, 9.17) is 18.0 Å². The van der Waals surface area contributed by atoms with Crippen LogP contribution in [-0.2, 0) is 18.0 Å². The van der Waals surface area contributed by atoms with Crippen molar-refractivity contribution in [3.63, 3.8) is 0 Å². The van der Waals surface area contributed by atoms with Crippen molar-refractivity contribution < 1.29 is 18.0 Å². The van der Waals surface area contributed by atoms with E-state index in [0.29, 0.717) is 12.0 Å². The Morgan fingerprint density at radius 1 is 0.913 bits per heavy atom. The SMILES string of the molecule is CO[Si](CCCOC1CCC(c2ccccc2)CC1)(OC)OC. The Bertz CT molecular complexity index is 420. The molecule has 1 aliphatic carbocycles. The zero-order chi connectivity index (χ0) is 16.5. The van der Waals surface area contributed by atoms with E-state index >= 15 is 0 Å². The fourth-order valence-electron chi connectivity index (χ4n) is 3.38. The highest BCUT2D eigenvalue weighted by atomic mass is 28.4. The van der Waals surface area contributed by atoms with Crippen LogP contribution in [0.15, 0.2) is 30.3 Å². The lowest BCUT2D eigenvalue weighted by Gasteiger charge is -2.29. The van der Waals surface area contributed by atoms with Crippen LogP contribution < -0.4 is 0 Å². The van der Waals surface area contributed by atoms with E-state index in [1.54, 1.807) is 21.3 Å². The molecule has 1 fully saturated rings. The third-order valence-corrected chi connectivity index (χ3v) is 7.69. The second-order valence-electron chi connectivity index (χ2n) is 6.15. The molecular formula is C18H30O4Si. The van der Waals surface area contributed by atoms with Crippen molar-refractivity contribution in [2.24, 2.45) is 0 Å². The number of rotatable bonds is 9. The lowest BCUT2D eigenvalue weighted by Crippen LogP contribution is -2.42. The zero-order valence-corrected chi connectivity index (χ0v) is 15.6. The third-order valence-electron chi connectivity index (χ3n) is 4.86. The van der Waals surface area contributed by atoms with E-state index < -0.39 is 8.80 Å². The predicted octanol–water partition coefficient (Wildman–Crippen LogP) is 4.00. The minimum atomic E-state index is -2.44. The molecule has 0 aliphatic heterocycles. The summed E-state index contributed by atoms with van der Waals surface area (Å²) in [5, 5.41) is 0. The highest BCUT2D eigenvalue weighted by Crippen LogP contribution is 2.33. The van der Waals surface area contributed by atoms with Crippen LogP contribution in [0.3, 0.4) is 0 Å². The lowest BCUT2D eigenvalue weighted by molar-refractivity contribution is 0.0225. The minimum absolute atomic E-state index is 0.402. The molecule has 1 aromatic carbocycles. The monoisotopic (exact) mass is 338 g/mol. The van der Waals surface area contributed by atoms with Gasteiger partial charge in [0.15, 0.2) is 0 Å². The van der Waals surface area contributed by atoms with Crippen LogP contribution in [0.1, 0.15) is 43.6 Å². The summed E-state index contributed by atoms with van der Waals surface area (Å²) in [7, 11) is 2.53. The van der Waals surface area contributed by atoms with E-state index in [0.717, 1.165) is 31.9 Å². The van der Waals surface area contributed by atoms with Gasteiger partial charge in [-0.15, -0.1) is 0 Å². The Balaban J connectivity index is 1.65. The summed E-state index contributed by atoms with van der Waals surface area (Å²) >= 11 is 0. The van der Waals surface area contributed by atoms with Gasteiger partial charge in [0, 0.05) is 34.0 Å². The Kier molecular flexibility index (Phi) is 7.72. The van der Waals surface area contributed by atoms with Gasteiger partial charge in [0.05, 0.1) is 6.10 Å². The summed E-state index contributed by atoms with van der Waals surface area (Å²) in [5.74, 6) is 0.701. The second kappa shape index (κ2) is 9.54. The highest BCUT2D eigenvalue weighted by molar-refractivity contribution is 6.60. The Labute approximate surface area is 141 Å². The summed E-state index contributed by atoms with van der Waals surface area (Å²) in [6.07, 6.45) is 6.07. The standard InChI is InChI=1S/C18H30O4Si/c1-19-23(20-2,21-3)15-7-14-22-18-12-10-17(11-13-18)16-8-5-4-6-9-16/h4-6,8-9,17-18H,7,10-15H2,1-3H3. The highest BCUT2D eigenvalue weighted by Gasteiger charge is 2.37. The van der Waals surface area contributed by atoms with Gasteiger partial charge in [-0.2, -0.15) is 0 Å². The van der Waals surface area contributed by atoms with Crippen molar-refractivity contribution in [2.75, 3.05) is 27.9 Å². The maximum absolute atomic E-state index is 6.05. The van der Waals surface area contributed by atoms with Crippen molar-refractivity contribution in [1.29, 1.82) is 0 Å². The molecule has 23 heavy (non-hydrogen) atoms. The summed E-state index contributed by atoms with van der Waals surface area (Å²) < 4.78 is 22.3. The van der Waals surface area contributed by atoms with E-state index in [2.05, 4.69) is 30.3 Å². The summed E-state index contributed by atoms with van der Waals surface area (Å²) in [4.78, 5) is 0. The molecule has 2 rings (SSSR count). The molecule has 0 unspecified atom stereocenters.